The molecule has 1 aliphatic heterocycles. The van der Waals surface area contributed by atoms with Gasteiger partial charge in [-0.05, 0) is 42.7 Å². The molecule has 1 atom stereocenters. The molecule has 3 N–H and O–H groups in total. The summed E-state index contributed by atoms with van der Waals surface area (Å²) in [5, 5.41) is 12.0. The molecule has 1 aromatic heterocycles. The van der Waals surface area contributed by atoms with E-state index in [1.165, 1.54) is 6.42 Å². The predicted molar refractivity (Wildman–Crippen MR) is 85.8 cm³/mol. The van der Waals surface area contributed by atoms with Crippen LogP contribution in [0.3, 0.4) is 0 Å². The first-order valence-electron chi connectivity index (χ1n) is 7.61. The lowest BCUT2D eigenvalue weighted by molar-refractivity contribution is 0.220. The third kappa shape index (κ3) is 3.65. The van der Waals surface area contributed by atoms with Crippen LogP contribution in [-0.2, 0) is 0 Å². The molecule has 1 unspecified atom stereocenters. The monoisotopic (exact) mass is 290 g/mol. The van der Waals surface area contributed by atoms with Crippen molar-refractivity contribution in [2.24, 2.45) is 22.2 Å². The number of hydrogen-bond acceptors (Lipinski definition) is 4. The van der Waals surface area contributed by atoms with Crippen molar-refractivity contribution in [3.63, 3.8) is 0 Å². The molecule has 0 bridgehead atoms. The average Bonchev–Trinajstić information content (AvgIpc) is 2.72. The number of amidine groups is 1. The number of hydrogen-bond donors (Lipinski definition) is 2. The van der Waals surface area contributed by atoms with Gasteiger partial charge in [0.15, 0.2) is 5.84 Å². The van der Waals surface area contributed by atoms with E-state index >= 15 is 0 Å². The topological polar surface area (TPSA) is 74.7 Å². The molecule has 1 aliphatic rings. The average molecular weight is 290 g/mol. The highest BCUT2D eigenvalue weighted by atomic mass is 16.4. The van der Waals surface area contributed by atoms with E-state index in [0.717, 1.165) is 37.5 Å². The Labute approximate surface area is 126 Å². The molecule has 0 aliphatic carbocycles. The Bertz CT molecular complexity index is 507. The summed E-state index contributed by atoms with van der Waals surface area (Å²) in [4.78, 5) is 6.58. The number of aromatic nitrogens is 1. The maximum absolute atomic E-state index is 8.92. The van der Waals surface area contributed by atoms with Crippen molar-refractivity contribution < 1.29 is 5.21 Å². The van der Waals surface area contributed by atoms with Crippen LogP contribution in [0.25, 0.3) is 0 Å². The molecule has 0 aromatic carbocycles. The number of rotatable bonds is 2. The van der Waals surface area contributed by atoms with Gasteiger partial charge in [0.25, 0.3) is 0 Å². The van der Waals surface area contributed by atoms with Crippen LogP contribution in [0.1, 0.15) is 45.7 Å². The number of anilines is 1. The second-order valence-corrected chi connectivity index (χ2v) is 6.84. The standard InChI is InChI=1S/C16H26N4O/c1-16(2,3)12-6-5-10-20(11-8-12)13-7-4-9-18-14(13)15(17)19-21/h4,7,9,12,21H,5-6,8,10-11H2,1-3H3,(H2,17,19). The van der Waals surface area contributed by atoms with E-state index in [1.807, 2.05) is 12.1 Å². The molecular weight excluding hydrogens is 264 g/mol. The van der Waals surface area contributed by atoms with Crippen LogP contribution in [0, 0.1) is 11.3 Å². The smallest absolute Gasteiger partial charge is 0.190 e. The number of nitrogens with zero attached hydrogens (tertiary/aromatic N) is 3. The van der Waals surface area contributed by atoms with Gasteiger partial charge in [-0.2, -0.15) is 0 Å². The number of pyridine rings is 1. The molecule has 5 heteroatoms. The van der Waals surface area contributed by atoms with Gasteiger partial charge in [0, 0.05) is 19.3 Å². The maximum Gasteiger partial charge on any atom is 0.190 e. The van der Waals surface area contributed by atoms with Crippen LogP contribution in [0.5, 0.6) is 0 Å². The Morgan fingerprint density at radius 1 is 1.38 bits per heavy atom. The van der Waals surface area contributed by atoms with Crippen molar-refractivity contribution in [2.45, 2.75) is 40.0 Å². The first-order valence-corrected chi connectivity index (χ1v) is 7.61. The van der Waals surface area contributed by atoms with Gasteiger partial charge in [0.1, 0.15) is 5.69 Å². The van der Waals surface area contributed by atoms with E-state index in [4.69, 9.17) is 10.9 Å². The molecule has 2 rings (SSSR count). The molecule has 0 radical (unpaired) electrons. The molecule has 0 amide bonds. The lowest BCUT2D eigenvalue weighted by Gasteiger charge is -2.30. The van der Waals surface area contributed by atoms with E-state index in [0.29, 0.717) is 11.1 Å². The zero-order valence-electron chi connectivity index (χ0n) is 13.2. The van der Waals surface area contributed by atoms with Gasteiger partial charge in [-0.3, -0.25) is 4.98 Å². The number of nitrogens with two attached hydrogens (primary N) is 1. The van der Waals surface area contributed by atoms with Crippen LogP contribution in [0.2, 0.25) is 0 Å². The van der Waals surface area contributed by atoms with E-state index < -0.39 is 0 Å². The van der Waals surface area contributed by atoms with Crippen LogP contribution < -0.4 is 10.6 Å². The molecule has 1 saturated heterocycles. The lowest BCUT2D eigenvalue weighted by Crippen LogP contribution is -2.29. The van der Waals surface area contributed by atoms with E-state index in [9.17, 15) is 0 Å². The second-order valence-electron chi connectivity index (χ2n) is 6.84. The molecule has 0 spiro atoms. The molecule has 1 fully saturated rings. The first kappa shape index (κ1) is 15.6. The lowest BCUT2D eigenvalue weighted by atomic mass is 9.77. The second kappa shape index (κ2) is 6.33. The largest absolute Gasteiger partial charge is 0.409 e. The Morgan fingerprint density at radius 3 is 2.81 bits per heavy atom. The summed E-state index contributed by atoms with van der Waals surface area (Å²) in [6.45, 7) is 8.93. The first-order chi connectivity index (χ1) is 9.93. The van der Waals surface area contributed by atoms with Gasteiger partial charge in [-0.1, -0.05) is 25.9 Å². The Balaban J connectivity index is 2.20. The fraction of sp³-hybridized carbons (Fsp3) is 0.625. The minimum absolute atomic E-state index is 0.0715. The highest BCUT2D eigenvalue weighted by Crippen LogP contribution is 2.35. The minimum Gasteiger partial charge on any atom is -0.409 e. The maximum atomic E-state index is 8.92. The van der Waals surface area contributed by atoms with Crippen molar-refractivity contribution >= 4 is 11.5 Å². The van der Waals surface area contributed by atoms with Crippen molar-refractivity contribution in [1.82, 2.24) is 4.98 Å². The van der Waals surface area contributed by atoms with Gasteiger partial charge in [-0.15, -0.1) is 0 Å². The predicted octanol–water partition coefficient (Wildman–Crippen LogP) is 2.83. The van der Waals surface area contributed by atoms with Crippen molar-refractivity contribution in [3.05, 3.63) is 24.0 Å². The van der Waals surface area contributed by atoms with Crippen molar-refractivity contribution in [3.8, 4) is 0 Å². The number of oxime groups is 1. The quantitative estimate of drug-likeness (QED) is 0.380. The van der Waals surface area contributed by atoms with Crippen LogP contribution in [0.4, 0.5) is 5.69 Å². The molecule has 5 nitrogen and oxygen atoms in total. The molecule has 21 heavy (non-hydrogen) atoms. The SMILES string of the molecule is CC(C)(C)C1CCCN(c2cccnc2/C(N)=N/O)CC1. The summed E-state index contributed by atoms with van der Waals surface area (Å²) in [5.74, 6) is 0.800. The van der Waals surface area contributed by atoms with E-state index in [1.54, 1.807) is 6.20 Å². The Morgan fingerprint density at radius 2 is 2.14 bits per heavy atom. The molecule has 116 valence electrons. The van der Waals surface area contributed by atoms with Crippen molar-refractivity contribution in [2.75, 3.05) is 18.0 Å². The van der Waals surface area contributed by atoms with Gasteiger partial charge in [0.2, 0.25) is 0 Å². The normalized spacial score (nSPS) is 21.2. The van der Waals surface area contributed by atoms with E-state index in [2.05, 4.69) is 35.8 Å². The summed E-state index contributed by atoms with van der Waals surface area (Å²) in [6, 6.07) is 3.90. The molecule has 1 aromatic rings. The van der Waals surface area contributed by atoms with Crippen molar-refractivity contribution in [1.29, 1.82) is 0 Å². The summed E-state index contributed by atoms with van der Waals surface area (Å²) >= 11 is 0. The fourth-order valence-corrected chi connectivity index (χ4v) is 3.10. The van der Waals surface area contributed by atoms with Gasteiger partial charge < -0.3 is 15.8 Å². The van der Waals surface area contributed by atoms with Crippen LogP contribution in [0.15, 0.2) is 23.5 Å². The van der Waals surface area contributed by atoms with Gasteiger partial charge >= 0.3 is 0 Å². The zero-order chi connectivity index (χ0) is 15.5. The minimum atomic E-state index is 0.0715. The Kier molecular flexibility index (Phi) is 4.70. The molecular formula is C16H26N4O. The van der Waals surface area contributed by atoms with Gasteiger partial charge in [0.05, 0.1) is 5.69 Å². The zero-order valence-corrected chi connectivity index (χ0v) is 13.2. The summed E-state index contributed by atoms with van der Waals surface area (Å²) in [6.07, 6.45) is 5.24. The summed E-state index contributed by atoms with van der Waals surface area (Å²) < 4.78 is 0. The third-order valence-electron chi connectivity index (χ3n) is 4.43. The summed E-state index contributed by atoms with van der Waals surface area (Å²) in [7, 11) is 0. The van der Waals surface area contributed by atoms with E-state index in [-0.39, 0.29) is 5.84 Å². The highest BCUT2D eigenvalue weighted by molar-refractivity contribution is 6.00. The fourth-order valence-electron chi connectivity index (χ4n) is 3.10. The van der Waals surface area contributed by atoms with Gasteiger partial charge in [-0.25, -0.2) is 0 Å². The Hall–Kier alpha value is -1.78. The third-order valence-corrected chi connectivity index (χ3v) is 4.43. The highest BCUT2D eigenvalue weighted by Gasteiger charge is 2.28. The van der Waals surface area contributed by atoms with Crippen LogP contribution >= 0.6 is 0 Å². The molecule has 2 heterocycles. The summed E-state index contributed by atoms with van der Waals surface area (Å²) in [5.41, 5.74) is 7.62. The molecule has 0 saturated carbocycles. The van der Waals surface area contributed by atoms with Crippen LogP contribution in [-0.4, -0.2) is 29.1 Å².